The van der Waals surface area contributed by atoms with Gasteiger partial charge in [-0.05, 0) is 44.7 Å². The lowest BCUT2D eigenvalue weighted by Gasteiger charge is -2.44. The molecule has 2 saturated heterocycles. The van der Waals surface area contributed by atoms with E-state index in [4.69, 9.17) is 35.1 Å². The first-order chi connectivity index (χ1) is 17.5. The Morgan fingerprint density at radius 3 is 2.59 bits per heavy atom. The molecule has 0 bridgehead atoms. The molecule has 12 nitrogen and oxygen atoms in total. The van der Waals surface area contributed by atoms with Crippen molar-refractivity contribution >= 4 is 24.4 Å². The Balaban J connectivity index is 1.53. The predicted molar refractivity (Wildman–Crippen MR) is 136 cm³/mol. The molecule has 1 aromatic heterocycles. The number of ether oxygens (including phenoxy) is 3. The van der Waals surface area contributed by atoms with Gasteiger partial charge in [-0.2, -0.15) is 0 Å². The van der Waals surface area contributed by atoms with Crippen LogP contribution in [0.15, 0.2) is 52.2 Å². The molecule has 0 aliphatic carbocycles. The number of aromatic amines is 1. The summed E-state index contributed by atoms with van der Waals surface area (Å²) in [4.78, 5) is 38.5. The third-order valence-corrected chi connectivity index (χ3v) is 8.48. The summed E-state index contributed by atoms with van der Waals surface area (Å²) in [6.45, 7) is 1.81. The zero-order chi connectivity index (χ0) is 26.8. The zero-order valence-electron chi connectivity index (χ0n) is 20.6. The summed E-state index contributed by atoms with van der Waals surface area (Å²) in [5.41, 5.74) is -2.45. The minimum atomic E-state index is -3.38. The second kappa shape index (κ2) is 11.2. The van der Waals surface area contributed by atoms with Crippen LogP contribution in [0.25, 0.3) is 0 Å². The number of rotatable bonds is 10. The SMILES string of the molecule is CC(C)OC(=O)C(C)NP(=S)(OC[C@H]1O[C@@H](n2ccc(=O)[nH]c2=O)[C@@]2(CCO2)[C@@H]1O)Oc1ccccc1. The summed E-state index contributed by atoms with van der Waals surface area (Å²) >= 11 is 5.71. The summed E-state index contributed by atoms with van der Waals surface area (Å²) in [5, 5.41) is 14.1. The van der Waals surface area contributed by atoms with Gasteiger partial charge < -0.3 is 28.4 Å². The second-order valence-electron chi connectivity index (χ2n) is 9.08. The Hall–Kier alpha value is -2.38. The zero-order valence-corrected chi connectivity index (χ0v) is 22.3. The van der Waals surface area contributed by atoms with Crippen molar-refractivity contribution in [1.29, 1.82) is 0 Å². The van der Waals surface area contributed by atoms with E-state index >= 15 is 0 Å². The summed E-state index contributed by atoms with van der Waals surface area (Å²) in [5.74, 6) is -0.104. The van der Waals surface area contributed by atoms with Gasteiger partial charge in [-0.1, -0.05) is 18.2 Å². The van der Waals surface area contributed by atoms with Gasteiger partial charge in [0.1, 0.15) is 29.6 Å². The van der Waals surface area contributed by atoms with Gasteiger partial charge in [0.05, 0.1) is 19.3 Å². The third-order valence-electron chi connectivity index (χ3n) is 5.98. The molecule has 3 N–H and O–H groups in total. The first kappa shape index (κ1) is 27.6. The molecule has 6 atom stereocenters. The number of para-hydroxylation sites is 1. The summed E-state index contributed by atoms with van der Waals surface area (Å²) < 4.78 is 30.2. The van der Waals surface area contributed by atoms with E-state index in [1.807, 2.05) is 6.07 Å². The molecule has 0 saturated carbocycles. The van der Waals surface area contributed by atoms with Crippen LogP contribution in [0.1, 0.15) is 33.4 Å². The van der Waals surface area contributed by atoms with Gasteiger partial charge in [0.15, 0.2) is 6.23 Å². The van der Waals surface area contributed by atoms with Crippen molar-refractivity contribution in [2.75, 3.05) is 13.2 Å². The van der Waals surface area contributed by atoms with Crippen molar-refractivity contribution in [3.63, 3.8) is 0 Å². The number of nitrogens with zero attached hydrogens (tertiary/aromatic N) is 1. The number of carbonyl (C=O) groups is 1. The van der Waals surface area contributed by atoms with Crippen LogP contribution in [0.4, 0.5) is 0 Å². The number of aromatic nitrogens is 2. The van der Waals surface area contributed by atoms with E-state index in [-0.39, 0.29) is 12.7 Å². The highest BCUT2D eigenvalue weighted by molar-refractivity contribution is 8.09. The monoisotopic (exact) mass is 555 g/mol. The van der Waals surface area contributed by atoms with Crippen molar-refractivity contribution in [3.8, 4) is 5.75 Å². The molecule has 2 aliphatic heterocycles. The molecule has 2 fully saturated rings. The van der Waals surface area contributed by atoms with Crippen molar-refractivity contribution in [1.82, 2.24) is 14.6 Å². The molecule has 202 valence electrons. The molecule has 0 amide bonds. The van der Waals surface area contributed by atoms with Gasteiger partial charge in [0.25, 0.3) is 5.56 Å². The summed E-state index contributed by atoms with van der Waals surface area (Å²) in [7, 11) is 0. The Morgan fingerprint density at radius 1 is 1.30 bits per heavy atom. The van der Waals surface area contributed by atoms with Gasteiger partial charge in [0, 0.05) is 18.7 Å². The quantitative estimate of drug-likeness (QED) is 0.287. The van der Waals surface area contributed by atoms with Crippen LogP contribution in [0.3, 0.4) is 0 Å². The fourth-order valence-corrected chi connectivity index (χ4v) is 6.55. The number of benzene rings is 1. The highest BCUT2D eigenvalue weighted by Gasteiger charge is 2.62. The largest absolute Gasteiger partial charge is 0.462 e. The maximum Gasteiger partial charge on any atom is 0.330 e. The Morgan fingerprint density at radius 2 is 2.00 bits per heavy atom. The molecule has 14 heteroatoms. The van der Waals surface area contributed by atoms with E-state index in [1.54, 1.807) is 45.0 Å². The average Bonchev–Trinajstić information content (AvgIpc) is 3.10. The topological polar surface area (TPSA) is 150 Å². The molecular formula is C23H30N3O9PS. The van der Waals surface area contributed by atoms with E-state index < -0.39 is 53.9 Å². The normalized spacial score (nSPS) is 27.4. The van der Waals surface area contributed by atoms with Crippen LogP contribution in [0.5, 0.6) is 5.75 Å². The predicted octanol–water partition coefficient (Wildman–Crippen LogP) is 1.20. The van der Waals surface area contributed by atoms with Crippen LogP contribution in [0, 0.1) is 0 Å². The fraction of sp³-hybridized carbons (Fsp3) is 0.522. The number of aliphatic hydroxyl groups is 1. The van der Waals surface area contributed by atoms with Gasteiger partial charge >= 0.3 is 18.3 Å². The van der Waals surface area contributed by atoms with E-state index in [9.17, 15) is 19.5 Å². The van der Waals surface area contributed by atoms with Gasteiger partial charge in [0.2, 0.25) is 0 Å². The Kier molecular flexibility index (Phi) is 8.34. The van der Waals surface area contributed by atoms with Gasteiger partial charge in [-0.25, -0.2) is 9.88 Å². The van der Waals surface area contributed by atoms with Crippen LogP contribution in [-0.4, -0.2) is 63.8 Å². The first-order valence-electron chi connectivity index (χ1n) is 11.8. The number of esters is 1. The fourth-order valence-electron chi connectivity index (χ4n) is 4.13. The standard InChI is InChI=1S/C23H30N3O9PS/c1-14(2)33-20(29)15(3)25-36(37,35-16-7-5-4-6-8-16)32-13-17-19(28)23(10-12-31-23)21(34-17)26-11-9-18(27)24-22(26)30/h4-9,11,14-15,17,19,21,28H,10,12-13H2,1-3H3,(H,25,37)(H,24,27,30)/t15?,17-,19-,21-,23-,36?/m1/s1. The molecule has 2 aromatic rings. The van der Waals surface area contributed by atoms with E-state index in [0.717, 1.165) is 0 Å². The molecule has 4 rings (SSSR count). The third kappa shape index (κ3) is 6.04. The number of hydrogen-bond acceptors (Lipinski definition) is 10. The van der Waals surface area contributed by atoms with Crippen LogP contribution in [0.2, 0.25) is 0 Å². The number of aliphatic hydroxyl groups excluding tert-OH is 1. The second-order valence-corrected chi connectivity index (χ2v) is 12.2. The molecule has 1 aromatic carbocycles. The maximum atomic E-state index is 12.4. The molecule has 3 heterocycles. The smallest absolute Gasteiger partial charge is 0.330 e. The van der Waals surface area contributed by atoms with Crippen molar-refractivity contribution in [2.24, 2.45) is 0 Å². The van der Waals surface area contributed by atoms with Gasteiger partial charge in [-0.15, -0.1) is 0 Å². The van der Waals surface area contributed by atoms with E-state index in [2.05, 4.69) is 10.1 Å². The van der Waals surface area contributed by atoms with E-state index in [0.29, 0.717) is 18.8 Å². The van der Waals surface area contributed by atoms with Crippen molar-refractivity contribution in [2.45, 2.75) is 63.4 Å². The van der Waals surface area contributed by atoms with Crippen LogP contribution in [-0.2, 0) is 35.3 Å². The molecule has 1 spiro atoms. The first-order valence-corrected chi connectivity index (χ1v) is 14.4. The molecule has 0 radical (unpaired) electrons. The minimum Gasteiger partial charge on any atom is -0.462 e. The van der Waals surface area contributed by atoms with Crippen LogP contribution >= 0.6 is 6.64 Å². The number of nitrogens with one attached hydrogen (secondary N) is 2. The number of hydrogen-bond donors (Lipinski definition) is 3. The molecule has 37 heavy (non-hydrogen) atoms. The Bertz CT molecular complexity index is 1260. The van der Waals surface area contributed by atoms with Gasteiger partial charge in [-0.3, -0.25) is 19.1 Å². The maximum absolute atomic E-state index is 12.4. The lowest BCUT2D eigenvalue weighted by atomic mass is 9.86. The lowest BCUT2D eigenvalue weighted by Crippen LogP contribution is -2.57. The van der Waals surface area contributed by atoms with Crippen molar-refractivity contribution in [3.05, 3.63) is 63.4 Å². The number of H-pyrrole nitrogens is 1. The Labute approximate surface area is 218 Å². The number of carbonyl (C=O) groups excluding carboxylic acids is 1. The van der Waals surface area contributed by atoms with Crippen molar-refractivity contribution < 1.29 is 33.2 Å². The molecule has 2 unspecified atom stereocenters. The summed E-state index contributed by atoms with van der Waals surface area (Å²) in [6, 6.07) is 9.06. The average molecular weight is 556 g/mol. The lowest BCUT2D eigenvalue weighted by molar-refractivity contribution is -0.227. The highest BCUT2D eigenvalue weighted by Crippen LogP contribution is 2.50. The molecular weight excluding hydrogens is 525 g/mol. The summed E-state index contributed by atoms with van der Waals surface area (Å²) in [6.07, 6.45) is -1.74. The highest BCUT2D eigenvalue weighted by atomic mass is 32.5. The minimum absolute atomic E-state index is 0.232. The molecule has 2 aliphatic rings. The van der Waals surface area contributed by atoms with Crippen LogP contribution < -0.4 is 20.9 Å². The van der Waals surface area contributed by atoms with E-state index in [1.165, 1.54) is 16.8 Å².